The molecule has 0 aliphatic heterocycles. The molecule has 0 radical (unpaired) electrons. The summed E-state index contributed by atoms with van der Waals surface area (Å²) in [6.07, 6.45) is 1.78. The second-order valence-electron chi connectivity index (χ2n) is 1.22. The highest BCUT2D eigenvalue weighted by Crippen LogP contribution is 1.79. The topological polar surface area (TPSA) is 81.2 Å². The third kappa shape index (κ3) is 10.7. The highest BCUT2D eigenvalue weighted by molar-refractivity contribution is 4.34. The Balaban J connectivity index is 0. The van der Waals surface area contributed by atoms with Crippen LogP contribution in [-0.4, -0.2) is 18.3 Å². The van der Waals surface area contributed by atoms with E-state index in [0.717, 1.165) is 12.8 Å². The molecule has 3 nitrogen and oxygen atoms in total. The van der Waals surface area contributed by atoms with Gasteiger partial charge in [0.1, 0.15) is 0 Å². The summed E-state index contributed by atoms with van der Waals surface area (Å²) in [7, 11) is 0. The number of nitrogens with two attached hydrogens (primary N) is 1. The smallest absolute Gasteiger partial charge is 0.0431 e. The summed E-state index contributed by atoms with van der Waals surface area (Å²) in [6.45, 7) is 0.970. The van der Waals surface area contributed by atoms with Crippen LogP contribution in [-0.2, 0) is 0 Å². The van der Waals surface area contributed by atoms with E-state index in [0.29, 0.717) is 6.54 Å². The summed E-state index contributed by atoms with van der Waals surface area (Å²) in [5, 5.41) is 8.14. The molecule has 46 valence electrons. The van der Waals surface area contributed by atoms with Crippen LogP contribution in [0.25, 0.3) is 0 Å². The molecule has 0 aliphatic rings. The maximum atomic E-state index is 8.14. The lowest BCUT2D eigenvalue weighted by molar-refractivity contribution is 0.285. The molecule has 0 atom stereocenters. The molecule has 0 heterocycles. The van der Waals surface area contributed by atoms with Crippen LogP contribution >= 0.6 is 0 Å². The van der Waals surface area contributed by atoms with E-state index in [1.165, 1.54) is 0 Å². The van der Waals surface area contributed by atoms with Crippen LogP contribution in [0.1, 0.15) is 12.8 Å². The molecule has 0 aromatic rings. The fourth-order valence-corrected chi connectivity index (χ4v) is 0.256. The first-order valence-electron chi connectivity index (χ1n) is 2.22. The molecular weight excluding hydrogens is 92.1 g/mol. The zero-order valence-electron chi connectivity index (χ0n) is 4.56. The molecule has 6 N–H and O–H groups in total. The molecule has 3 heteroatoms. The van der Waals surface area contributed by atoms with Gasteiger partial charge in [0, 0.05) is 6.61 Å². The number of hydrogen-bond acceptors (Lipinski definition) is 3. The third-order valence-electron chi connectivity index (χ3n) is 0.612. The summed E-state index contributed by atoms with van der Waals surface area (Å²) in [6, 6.07) is 0. The van der Waals surface area contributed by atoms with Crippen LogP contribution in [0.4, 0.5) is 0 Å². The summed E-state index contributed by atoms with van der Waals surface area (Å²) < 4.78 is 0. The van der Waals surface area contributed by atoms with Crippen LogP contribution in [0, 0.1) is 0 Å². The fourth-order valence-electron chi connectivity index (χ4n) is 0.256. The molecule has 0 aliphatic carbocycles. The number of unbranched alkanes of at least 4 members (excludes halogenated alkanes) is 1. The highest BCUT2D eigenvalue weighted by Gasteiger charge is 1.76. The largest absolute Gasteiger partial charge is 0.396 e. The predicted molar refractivity (Wildman–Crippen MR) is 30.4 cm³/mol. The maximum absolute atomic E-state index is 8.14. The Morgan fingerprint density at radius 2 is 1.86 bits per heavy atom. The zero-order chi connectivity index (χ0) is 4.83. The average Bonchev–Trinajstić information content (AvgIpc) is 1.61. The molecule has 0 bridgehead atoms. The zero-order valence-corrected chi connectivity index (χ0v) is 4.56. The number of rotatable bonds is 3. The Hall–Kier alpha value is -0.120. The van der Waals surface area contributed by atoms with Crippen molar-refractivity contribution in [1.29, 1.82) is 0 Å². The predicted octanol–water partition coefficient (Wildman–Crippen LogP) is -0.120. The van der Waals surface area contributed by atoms with Crippen LogP contribution in [0.3, 0.4) is 0 Å². The lowest BCUT2D eigenvalue weighted by atomic mass is 10.3. The van der Waals surface area contributed by atoms with Crippen LogP contribution in [0.5, 0.6) is 0 Å². The molecular formula is C4H14N2O. The van der Waals surface area contributed by atoms with Gasteiger partial charge in [0.05, 0.1) is 0 Å². The van der Waals surface area contributed by atoms with Crippen molar-refractivity contribution in [2.75, 3.05) is 13.2 Å². The van der Waals surface area contributed by atoms with E-state index < -0.39 is 0 Å². The first kappa shape index (κ1) is 9.99. The Morgan fingerprint density at radius 1 is 1.29 bits per heavy atom. The monoisotopic (exact) mass is 106 g/mol. The van der Waals surface area contributed by atoms with Gasteiger partial charge in [-0.05, 0) is 19.4 Å². The molecule has 0 spiro atoms. The van der Waals surface area contributed by atoms with Gasteiger partial charge in [-0.1, -0.05) is 0 Å². The average molecular weight is 106 g/mol. The van der Waals surface area contributed by atoms with Crippen molar-refractivity contribution in [2.45, 2.75) is 12.8 Å². The van der Waals surface area contributed by atoms with E-state index >= 15 is 0 Å². The molecule has 0 aromatic heterocycles. The number of aliphatic hydroxyl groups excluding tert-OH is 1. The minimum Gasteiger partial charge on any atom is -0.396 e. The summed E-state index contributed by atoms with van der Waals surface area (Å²) in [4.78, 5) is 0. The van der Waals surface area contributed by atoms with E-state index in [-0.39, 0.29) is 12.8 Å². The minimum atomic E-state index is 0. The molecule has 0 saturated carbocycles. The third-order valence-corrected chi connectivity index (χ3v) is 0.612. The van der Waals surface area contributed by atoms with Gasteiger partial charge >= 0.3 is 0 Å². The van der Waals surface area contributed by atoms with Gasteiger partial charge in [0.2, 0.25) is 0 Å². The van der Waals surface area contributed by atoms with Gasteiger partial charge in [-0.25, -0.2) is 0 Å². The van der Waals surface area contributed by atoms with Crippen molar-refractivity contribution >= 4 is 0 Å². The Labute approximate surface area is 44.1 Å². The van der Waals surface area contributed by atoms with Crippen molar-refractivity contribution in [3.05, 3.63) is 0 Å². The lowest BCUT2D eigenvalue weighted by Gasteiger charge is -1.86. The number of hydrogen-bond donors (Lipinski definition) is 3. The second-order valence-corrected chi connectivity index (χ2v) is 1.22. The van der Waals surface area contributed by atoms with Gasteiger partial charge in [-0.3, -0.25) is 0 Å². The van der Waals surface area contributed by atoms with E-state index in [9.17, 15) is 0 Å². The quantitative estimate of drug-likeness (QED) is 0.439. The first-order valence-corrected chi connectivity index (χ1v) is 2.22. The Morgan fingerprint density at radius 3 is 2.00 bits per heavy atom. The van der Waals surface area contributed by atoms with Gasteiger partial charge in [0.25, 0.3) is 0 Å². The van der Waals surface area contributed by atoms with Gasteiger partial charge in [0.15, 0.2) is 0 Å². The molecule has 0 rings (SSSR count). The summed E-state index contributed by atoms with van der Waals surface area (Å²) in [5.41, 5.74) is 5.10. The fraction of sp³-hybridized carbons (Fsp3) is 1.00. The summed E-state index contributed by atoms with van der Waals surface area (Å²) in [5.74, 6) is 0. The molecule has 0 aromatic carbocycles. The van der Waals surface area contributed by atoms with Gasteiger partial charge in [-0.15, -0.1) is 0 Å². The van der Waals surface area contributed by atoms with Crippen molar-refractivity contribution in [2.24, 2.45) is 5.73 Å². The van der Waals surface area contributed by atoms with Crippen LogP contribution < -0.4 is 11.9 Å². The Bertz CT molecular complexity index is 21.7. The van der Waals surface area contributed by atoms with Gasteiger partial charge < -0.3 is 17.0 Å². The van der Waals surface area contributed by atoms with Crippen LogP contribution in [0.15, 0.2) is 0 Å². The van der Waals surface area contributed by atoms with E-state index in [1.807, 2.05) is 0 Å². The van der Waals surface area contributed by atoms with Crippen LogP contribution in [0.2, 0.25) is 0 Å². The molecule has 0 saturated heterocycles. The molecule has 7 heavy (non-hydrogen) atoms. The molecule has 0 unspecified atom stereocenters. The molecule has 0 fully saturated rings. The van der Waals surface area contributed by atoms with Gasteiger partial charge in [-0.2, -0.15) is 0 Å². The van der Waals surface area contributed by atoms with E-state index in [2.05, 4.69) is 0 Å². The summed E-state index contributed by atoms with van der Waals surface area (Å²) >= 11 is 0. The molecule has 0 amide bonds. The minimum absolute atomic E-state index is 0. The van der Waals surface area contributed by atoms with Crippen molar-refractivity contribution in [3.63, 3.8) is 0 Å². The second kappa shape index (κ2) is 9.30. The SMILES string of the molecule is N.NCCCCO. The van der Waals surface area contributed by atoms with E-state index in [1.54, 1.807) is 0 Å². The van der Waals surface area contributed by atoms with E-state index in [4.69, 9.17) is 10.8 Å². The van der Waals surface area contributed by atoms with Crippen molar-refractivity contribution in [1.82, 2.24) is 6.15 Å². The highest BCUT2D eigenvalue weighted by atomic mass is 16.2. The maximum Gasteiger partial charge on any atom is 0.0431 e. The van der Waals surface area contributed by atoms with Crippen molar-refractivity contribution < 1.29 is 5.11 Å². The Kier molecular flexibility index (Phi) is 13.3. The lowest BCUT2D eigenvalue weighted by Crippen LogP contribution is -1.98. The first-order chi connectivity index (χ1) is 2.91. The number of aliphatic hydroxyl groups is 1. The normalized spacial score (nSPS) is 7.71. The standard InChI is InChI=1S/C4H11NO.H3N/c5-3-1-2-4-6;/h6H,1-5H2;1H3. The van der Waals surface area contributed by atoms with Crippen molar-refractivity contribution in [3.8, 4) is 0 Å².